The molecule has 0 aliphatic heterocycles. The zero-order valence-electron chi connectivity index (χ0n) is 13.2. The van der Waals surface area contributed by atoms with Crippen LogP contribution in [0, 0.1) is 0 Å². The van der Waals surface area contributed by atoms with Crippen molar-refractivity contribution in [1.82, 2.24) is 4.90 Å². The Hall–Kier alpha value is -1.35. The molecule has 0 heterocycles. The van der Waals surface area contributed by atoms with E-state index in [1.165, 1.54) is 5.56 Å². The van der Waals surface area contributed by atoms with Gasteiger partial charge in [-0.15, -0.1) is 0 Å². The smallest absolute Gasteiger partial charge is 0.338 e. The molecule has 1 aromatic carbocycles. The second-order valence-corrected chi connectivity index (χ2v) is 5.28. The van der Waals surface area contributed by atoms with Crippen LogP contribution in [0.1, 0.15) is 50.0 Å². The van der Waals surface area contributed by atoms with Crippen molar-refractivity contribution in [2.24, 2.45) is 0 Å². The van der Waals surface area contributed by atoms with Crippen LogP contribution >= 0.6 is 0 Å². The molecule has 0 bridgehead atoms. The Bertz CT molecular complexity index is 394. The van der Waals surface area contributed by atoms with E-state index in [1.807, 2.05) is 38.1 Å². The molecular weight excluding hydrogens is 250 g/mol. The van der Waals surface area contributed by atoms with Gasteiger partial charge in [0, 0.05) is 0 Å². The number of hydrogen-bond acceptors (Lipinski definition) is 3. The third-order valence-corrected chi connectivity index (χ3v) is 3.37. The Morgan fingerprint density at radius 3 is 2.25 bits per heavy atom. The highest BCUT2D eigenvalue weighted by atomic mass is 16.5. The largest absolute Gasteiger partial charge is 0.459 e. The number of hydrogen-bond donors (Lipinski definition) is 0. The summed E-state index contributed by atoms with van der Waals surface area (Å²) in [4.78, 5) is 14.1. The van der Waals surface area contributed by atoms with Gasteiger partial charge >= 0.3 is 5.97 Å². The normalized spacial score (nSPS) is 11.1. The summed E-state index contributed by atoms with van der Waals surface area (Å²) in [6.07, 6.45) is 2.13. The van der Waals surface area contributed by atoms with Gasteiger partial charge < -0.3 is 9.64 Å². The average molecular weight is 277 g/mol. The van der Waals surface area contributed by atoms with E-state index in [-0.39, 0.29) is 12.1 Å². The van der Waals surface area contributed by atoms with E-state index in [2.05, 4.69) is 18.7 Å². The molecule has 0 aromatic heterocycles. The van der Waals surface area contributed by atoms with Crippen LogP contribution in [-0.4, -0.2) is 36.6 Å². The maximum absolute atomic E-state index is 11.7. The highest BCUT2D eigenvalue weighted by molar-refractivity contribution is 5.89. The molecule has 0 radical (unpaired) electrons. The second-order valence-electron chi connectivity index (χ2n) is 5.28. The van der Waals surface area contributed by atoms with E-state index >= 15 is 0 Å². The van der Waals surface area contributed by atoms with Crippen LogP contribution < -0.4 is 0 Å². The Balaban J connectivity index is 2.44. The topological polar surface area (TPSA) is 29.5 Å². The van der Waals surface area contributed by atoms with Crippen LogP contribution in [0.25, 0.3) is 0 Å². The molecule has 0 unspecified atom stereocenters. The number of benzene rings is 1. The number of rotatable bonds is 8. The first-order chi connectivity index (χ1) is 9.56. The lowest BCUT2D eigenvalue weighted by Crippen LogP contribution is -2.24. The molecule has 0 fully saturated rings. The Morgan fingerprint density at radius 1 is 1.15 bits per heavy atom. The quantitative estimate of drug-likeness (QED) is 0.681. The number of carbonyl (C=O) groups is 1. The SMILES string of the molecule is CCN(CC)CCCc1ccc(C(=O)OC(C)C)cc1. The molecule has 112 valence electrons. The fraction of sp³-hybridized carbons (Fsp3) is 0.588. The van der Waals surface area contributed by atoms with Gasteiger partial charge in [0.2, 0.25) is 0 Å². The van der Waals surface area contributed by atoms with Gasteiger partial charge in [0.25, 0.3) is 0 Å². The minimum absolute atomic E-state index is 0.0729. The highest BCUT2D eigenvalue weighted by Gasteiger charge is 2.08. The summed E-state index contributed by atoms with van der Waals surface area (Å²) in [5.41, 5.74) is 1.91. The summed E-state index contributed by atoms with van der Waals surface area (Å²) in [6.45, 7) is 11.5. The number of aryl methyl sites for hydroxylation is 1. The van der Waals surface area contributed by atoms with Gasteiger partial charge in [0.1, 0.15) is 0 Å². The fourth-order valence-electron chi connectivity index (χ4n) is 2.14. The third kappa shape index (κ3) is 5.74. The van der Waals surface area contributed by atoms with Crippen LogP contribution in [0.2, 0.25) is 0 Å². The van der Waals surface area contributed by atoms with E-state index < -0.39 is 0 Å². The molecule has 0 aliphatic rings. The molecule has 0 amide bonds. The van der Waals surface area contributed by atoms with E-state index in [4.69, 9.17) is 4.74 Å². The standard InChI is InChI=1S/C17H27NO2/c1-5-18(6-2)13-7-8-15-9-11-16(12-10-15)17(19)20-14(3)4/h9-12,14H,5-8,13H2,1-4H3. The lowest BCUT2D eigenvalue weighted by atomic mass is 10.1. The predicted octanol–water partition coefficient (Wildman–Crippen LogP) is 3.53. The van der Waals surface area contributed by atoms with Gasteiger partial charge in [0.15, 0.2) is 0 Å². The summed E-state index contributed by atoms with van der Waals surface area (Å²) >= 11 is 0. The molecule has 0 spiro atoms. The Kier molecular flexibility index (Phi) is 7.31. The molecule has 3 heteroatoms. The molecule has 0 saturated heterocycles. The maximum atomic E-state index is 11.7. The number of nitrogens with zero attached hydrogens (tertiary/aromatic N) is 1. The van der Waals surface area contributed by atoms with E-state index in [9.17, 15) is 4.79 Å². The van der Waals surface area contributed by atoms with Gasteiger partial charge in [-0.25, -0.2) is 4.79 Å². The number of carbonyl (C=O) groups excluding carboxylic acids is 1. The second kappa shape index (κ2) is 8.75. The summed E-state index contributed by atoms with van der Waals surface area (Å²) in [6, 6.07) is 7.77. The van der Waals surface area contributed by atoms with Gasteiger partial charge in [-0.1, -0.05) is 26.0 Å². The molecule has 1 aromatic rings. The molecule has 0 atom stereocenters. The summed E-state index contributed by atoms with van der Waals surface area (Å²) in [5.74, 6) is -0.241. The zero-order valence-corrected chi connectivity index (χ0v) is 13.2. The number of esters is 1. The Morgan fingerprint density at radius 2 is 1.75 bits per heavy atom. The monoisotopic (exact) mass is 277 g/mol. The first-order valence-corrected chi connectivity index (χ1v) is 7.59. The maximum Gasteiger partial charge on any atom is 0.338 e. The lowest BCUT2D eigenvalue weighted by Gasteiger charge is -2.17. The predicted molar refractivity (Wildman–Crippen MR) is 83.1 cm³/mol. The van der Waals surface area contributed by atoms with Crippen molar-refractivity contribution < 1.29 is 9.53 Å². The van der Waals surface area contributed by atoms with Crippen LogP contribution in [0.3, 0.4) is 0 Å². The molecular formula is C17H27NO2. The first kappa shape index (κ1) is 16.7. The van der Waals surface area contributed by atoms with Crippen LogP contribution in [0.5, 0.6) is 0 Å². The molecule has 0 aliphatic carbocycles. The fourth-order valence-corrected chi connectivity index (χ4v) is 2.14. The van der Waals surface area contributed by atoms with E-state index in [0.717, 1.165) is 32.5 Å². The van der Waals surface area contributed by atoms with Crippen molar-refractivity contribution in [2.75, 3.05) is 19.6 Å². The van der Waals surface area contributed by atoms with E-state index in [0.29, 0.717) is 5.56 Å². The number of ether oxygens (including phenoxy) is 1. The average Bonchev–Trinajstić information content (AvgIpc) is 2.43. The van der Waals surface area contributed by atoms with Crippen molar-refractivity contribution in [2.45, 2.75) is 46.6 Å². The minimum Gasteiger partial charge on any atom is -0.459 e. The van der Waals surface area contributed by atoms with Crippen LogP contribution in [0.4, 0.5) is 0 Å². The molecule has 0 saturated carbocycles. The van der Waals surface area contributed by atoms with Crippen molar-refractivity contribution >= 4 is 5.97 Å². The van der Waals surface area contributed by atoms with Crippen molar-refractivity contribution in [1.29, 1.82) is 0 Å². The summed E-state index contributed by atoms with van der Waals surface area (Å²) < 4.78 is 5.17. The Labute approximate surface area is 122 Å². The molecule has 20 heavy (non-hydrogen) atoms. The van der Waals surface area contributed by atoms with Crippen molar-refractivity contribution in [3.8, 4) is 0 Å². The summed E-state index contributed by atoms with van der Waals surface area (Å²) in [7, 11) is 0. The molecule has 3 nitrogen and oxygen atoms in total. The van der Waals surface area contributed by atoms with Crippen molar-refractivity contribution in [3.63, 3.8) is 0 Å². The zero-order chi connectivity index (χ0) is 15.0. The van der Waals surface area contributed by atoms with Gasteiger partial charge in [-0.3, -0.25) is 0 Å². The highest BCUT2D eigenvalue weighted by Crippen LogP contribution is 2.09. The van der Waals surface area contributed by atoms with Crippen LogP contribution in [-0.2, 0) is 11.2 Å². The van der Waals surface area contributed by atoms with Crippen LogP contribution in [0.15, 0.2) is 24.3 Å². The third-order valence-electron chi connectivity index (χ3n) is 3.37. The molecule has 1 rings (SSSR count). The first-order valence-electron chi connectivity index (χ1n) is 7.59. The van der Waals surface area contributed by atoms with Gasteiger partial charge in [0.05, 0.1) is 11.7 Å². The minimum atomic E-state index is -0.241. The van der Waals surface area contributed by atoms with Gasteiger partial charge in [-0.05, 0) is 64.0 Å². The molecule has 0 N–H and O–H groups in total. The van der Waals surface area contributed by atoms with Gasteiger partial charge in [-0.2, -0.15) is 0 Å². The summed E-state index contributed by atoms with van der Waals surface area (Å²) in [5, 5.41) is 0. The van der Waals surface area contributed by atoms with Crippen molar-refractivity contribution in [3.05, 3.63) is 35.4 Å². The van der Waals surface area contributed by atoms with E-state index in [1.54, 1.807) is 0 Å². The lowest BCUT2D eigenvalue weighted by molar-refractivity contribution is 0.0378.